The van der Waals surface area contributed by atoms with Crippen LogP contribution in [0.2, 0.25) is 0 Å². The molecule has 0 amide bonds. The monoisotopic (exact) mass is 259 g/mol. The van der Waals surface area contributed by atoms with Gasteiger partial charge in [0.1, 0.15) is 23.0 Å². The van der Waals surface area contributed by atoms with Crippen molar-refractivity contribution in [2.45, 2.75) is 6.54 Å². The van der Waals surface area contributed by atoms with Gasteiger partial charge >= 0.3 is 0 Å². The van der Waals surface area contributed by atoms with Gasteiger partial charge in [-0.25, -0.2) is 4.98 Å². The van der Waals surface area contributed by atoms with Crippen LogP contribution in [-0.4, -0.2) is 23.8 Å². The van der Waals surface area contributed by atoms with E-state index < -0.39 is 0 Å². The molecular weight excluding hydrogens is 242 g/mol. The van der Waals surface area contributed by atoms with Crippen LogP contribution in [0, 0.1) is 0 Å². The molecule has 0 radical (unpaired) electrons. The van der Waals surface area contributed by atoms with E-state index in [1.54, 1.807) is 32.7 Å². The molecule has 1 aromatic heterocycles. The average Bonchev–Trinajstić information content (AvgIpc) is 2.80. The lowest BCUT2D eigenvalue weighted by molar-refractivity contribution is 0.395. The van der Waals surface area contributed by atoms with E-state index in [9.17, 15) is 0 Å². The molecule has 19 heavy (non-hydrogen) atoms. The zero-order valence-corrected chi connectivity index (χ0v) is 11.1. The van der Waals surface area contributed by atoms with E-state index >= 15 is 0 Å². The van der Waals surface area contributed by atoms with Crippen LogP contribution in [-0.2, 0) is 6.54 Å². The number of ether oxygens (including phenoxy) is 2. The Morgan fingerprint density at radius 2 is 2.16 bits per heavy atom. The Hall–Kier alpha value is -2.43. The van der Waals surface area contributed by atoms with E-state index in [0.29, 0.717) is 23.8 Å². The lowest BCUT2D eigenvalue weighted by Crippen LogP contribution is -2.00. The first-order valence-electron chi connectivity index (χ1n) is 5.85. The maximum absolute atomic E-state index is 6.08. The maximum Gasteiger partial charge on any atom is 0.132 e. The lowest BCUT2D eigenvalue weighted by atomic mass is 10.1. The summed E-state index contributed by atoms with van der Waals surface area (Å²) in [4.78, 5) is 4.34. The molecule has 2 N–H and O–H groups in total. The first-order valence-corrected chi connectivity index (χ1v) is 5.85. The van der Waals surface area contributed by atoms with Gasteiger partial charge in [-0.1, -0.05) is 6.08 Å². The molecule has 1 heterocycles. The molecule has 100 valence electrons. The molecule has 0 fully saturated rings. The number of imidazole rings is 1. The molecule has 0 spiro atoms. The third kappa shape index (κ3) is 2.40. The van der Waals surface area contributed by atoms with Crippen molar-refractivity contribution in [2.24, 2.45) is 0 Å². The largest absolute Gasteiger partial charge is 0.497 e. The summed E-state index contributed by atoms with van der Waals surface area (Å²) in [5.41, 5.74) is 7.61. The van der Waals surface area contributed by atoms with Gasteiger partial charge in [0, 0.05) is 18.2 Å². The molecule has 2 rings (SSSR count). The number of nitrogens with two attached hydrogens (primary N) is 1. The van der Waals surface area contributed by atoms with E-state index in [2.05, 4.69) is 11.6 Å². The number of allylic oxidation sites excluding steroid dienone is 1. The second-order valence-electron chi connectivity index (χ2n) is 3.99. The Bertz CT molecular complexity index is 590. The summed E-state index contributed by atoms with van der Waals surface area (Å²) >= 11 is 0. The Balaban J connectivity index is 2.49. The first kappa shape index (κ1) is 13.0. The molecule has 0 aliphatic heterocycles. The summed E-state index contributed by atoms with van der Waals surface area (Å²) in [5, 5.41) is 0. The standard InChI is InChI=1S/C14H17N3O2/c1-4-7-17-9-16-13(14(17)15)11-6-5-10(18-2)8-12(11)19-3/h4-6,8-9H,1,7,15H2,2-3H3. The van der Waals surface area contributed by atoms with Crippen molar-refractivity contribution < 1.29 is 9.47 Å². The van der Waals surface area contributed by atoms with Crippen LogP contribution in [0.25, 0.3) is 11.3 Å². The van der Waals surface area contributed by atoms with Crippen LogP contribution in [0.1, 0.15) is 0 Å². The molecule has 5 heteroatoms. The molecule has 0 saturated heterocycles. The fraction of sp³-hybridized carbons (Fsp3) is 0.214. The second kappa shape index (κ2) is 5.48. The highest BCUT2D eigenvalue weighted by Gasteiger charge is 2.14. The number of nitrogens with zero attached hydrogens (tertiary/aromatic N) is 2. The smallest absolute Gasteiger partial charge is 0.132 e. The van der Waals surface area contributed by atoms with Gasteiger partial charge in [0.05, 0.1) is 20.5 Å². The minimum atomic E-state index is 0.586. The molecule has 5 nitrogen and oxygen atoms in total. The van der Waals surface area contributed by atoms with Gasteiger partial charge in [-0.15, -0.1) is 6.58 Å². The topological polar surface area (TPSA) is 62.3 Å². The fourth-order valence-corrected chi connectivity index (χ4v) is 1.88. The third-order valence-electron chi connectivity index (χ3n) is 2.87. The number of hydrogen-bond acceptors (Lipinski definition) is 4. The van der Waals surface area contributed by atoms with Gasteiger partial charge in [-0.2, -0.15) is 0 Å². The van der Waals surface area contributed by atoms with E-state index in [0.717, 1.165) is 11.3 Å². The van der Waals surface area contributed by atoms with Gasteiger partial charge in [0.15, 0.2) is 0 Å². The number of nitrogen functional groups attached to an aromatic ring is 1. The molecule has 0 aliphatic rings. The minimum Gasteiger partial charge on any atom is -0.497 e. The van der Waals surface area contributed by atoms with Gasteiger partial charge in [0.2, 0.25) is 0 Å². The number of aromatic nitrogens is 2. The van der Waals surface area contributed by atoms with Crippen molar-refractivity contribution in [3.63, 3.8) is 0 Å². The van der Waals surface area contributed by atoms with Crippen molar-refractivity contribution in [1.29, 1.82) is 0 Å². The van der Waals surface area contributed by atoms with E-state index in [1.807, 2.05) is 16.7 Å². The van der Waals surface area contributed by atoms with Crippen molar-refractivity contribution in [2.75, 3.05) is 20.0 Å². The van der Waals surface area contributed by atoms with Gasteiger partial charge in [0.25, 0.3) is 0 Å². The Labute approximate surface area is 112 Å². The Morgan fingerprint density at radius 3 is 2.79 bits per heavy atom. The molecule has 2 aromatic rings. The summed E-state index contributed by atoms with van der Waals surface area (Å²) in [6.45, 7) is 4.31. The quantitative estimate of drug-likeness (QED) is 0.837. The summed E-state index contributed by atoms with van der Waals surface area (Å²) < 4.78 is 12.4. The number of anilines is 1. The van der Waals surface area contributed by atoms with Crippen LogP contribution in [0.4, 0.5) is 5.82 Å². The highest BCUT2D eigenvalue weighted by Crippen LogP contribution is 2.35. The minimum absolute atomic E-state index is 0.586. The van der Waals surface area contributed by atoms with E-state index in [1.165, 1.54) is 0 Å². The average molecular weight is 259 g/mol. The predicted molar refractivity (Wildman–Crippen MR) is 75.4 cm³/mol. The summed E-state index contributed by atoms with van der Waals surface area (Å²) in [6.07, 6.45) is 3.46. The van der Waals surface area contributed by atoms with E-state index in [4.69, 9.17) is 15.2 Å². The van der Waals surface area contributed by atoms with Crippen LogP contribution in [0.3, 0.4) is 0 Å². The highest BCUT2D eigenvalue weighted by molar-refractivity contribution is 5.76. The summed E-state index contributed by atoms with van der Waals surface area (Å²) in [6, 6.07) is 5.54. The number of methoxy groups -OCH3 is 2. The third-order valence-corrected chi connectivity index (χ3v) is 2.87. The predicted octanol–water partition coefficient (Wildman–Crippen LogP) is 2.34. The summed E-state index contributed by atoms with van der Waals surface area (Å²) in [5.74, 6) is 1.99. The summed E-state index contributed by atoms with van der Waals surface area (Å²) in [7, 11) is 3.22. The highest BCUT2D eigenvalue weighted by atomic mass is 16.5. The normalized spacial score (nSPS) is 10.2. The molecule has 0 aliphatic carbocycles. The lowest BCUT2D eigenvalue weighted by Gasteiger charge is -2.09. The Kier molecular flexibility index (Phi) is 3.75. The molecule has 0 atom stereocenters. The van der Waals surface area contributed by atoms with Crippen LogP contribution >= 0.6 is 0 Å². The van der Waals surface area contributed by atoms with Crippen molar-refractivity contribution in [1.82, 2.24) is 9.55 Å². The van der Waals surface area contributed by atoms with Crippen LogP contribution < -0.4 is 15.2 Å². The molecule has 1 aromatic carbocycles. The van der Waals surface area contributed by atoms with Crippen LogP contribution in [0.5, 0.6) is 11.5 Å². The fourth-order valence-electron chi connectivity index (χ4n) is 1.88. The van der Waals surface area contributed by atoms with Gasteiger partial charge in [-0.05, 0) is 12.1 Å². The zero-order valence-electron chi connectivity index (χ0n) is 11.1. The van der Waals surface area contributed by atoms with Gasteiger partial charge in [-0.3, -0.25) is 0 Å². The number of rotatable bonds is 5. The van der Waals surface area contributed by atoms with Crippen LogP contribution in [0.15, 0.2) is 37.2 Å². The number of hydrogen-bond donors (Lipinski definition) is 1. The van der Waals surface area contributed by atoms with Crippen molar-refractivity contribution in [3.8, 4) is 22.8 Å². The van der Waals surface area contributed by atoms with Crippen molar-refractivity contribution in [3.05, 3.63) is 37.2 Å². The zero-order chi connectivity index (χ0) is 13.8. The maximum atomic E-state index is 6.08. The van der Waals surface area contributed by atoms with Gasteiger partial charge < -0.3 is 19.8 Å². The molecule has 0 bridgehead atoms. The molecular formula is C14H17N3O2. The van der Waals surface area contributed by atoms with Crippen molar-refractivity contribution >= 4 is 5.82 Å². The molecule has 0 unspecified atom stereocenters. The Morgan fingerprint density at radius 1 is 1.37 bits per heavy atom. The SMILES string of the molecule is C=CCn1cnc(-c2ccc(OC)cc2OC)c1N. The second-order valence-corrected chi connectivity index (χ2v) is 3.99. The number of benzene rings is 1. The first-order chi connectivity index (χ1) is 9.21. The molecule has 0 saturated carbocycles. The van der Waals surface area contributed by atoms with E-state index in [-0.39, 0.29) is 0 Å².